The van der Waals surface area contributed by atoms with Gasteiger partial charge in [0.2, 0.25) is 0 Å². The van der Waals surface area contributed by atoms with Gasteiger partial charge in [-0.2, -0.15) is 0 Å². The van der Waals surface area contributed by atoms with Crippen LogP contribution in [0.15, 0.2) is 45.3 Å². The van der Waals surface area contributed by atoms with Crippen molar-refractivity contribution in [1.29, 1.82) is 0 Å². The molecule has 0 fully saturated rings. The van der Waals surface area contributed by atoms with Crippen LogP contribution in [0.4, 0.5) is 17.1 Å². The SMILES string of the molecule is CCCOc1cc(Nc2ccc(Br)cc2Br)ccc1N. The smallest absolute Gasteiger partial charge is 0.144 e. The highest BCUT2D eigenvalue weighted by Gasteiger charge is 2.05. The van der Waals surface area contributed by atoms with Crippen LogP contribution in [0.25, 0.3) is 0 Å². The van der Waals surface area contributed by atoms with Crippen LogP contribution >= 0.6 is 31.9 Å². The predicted octanol–water partition coefficient (Wildman–Crippen LogP) is 5.33. The van der Waals surface area contributed by atoms with Crippen molar-refractivity contribution in [3.8, 4) is 5.75 Å². The molecule has 3 nitrogen and oxygen atoms in total. The summed E-state index contributed by atoms with van der Waals surface area (Å²) in [4.78, 5) is 0. The topological polar surface area (TPSA) is 47.3 Å². The van der Waals surface area contributed by atoms with Gasteiger partial charge in [-0.15, -0.1) is 0 Å². The Labute approximate surface area is 135 Å². The molecule has 0 atom stereocenters. The second kappa shape index (κ2) is 6.99. The van der Waals surface area contributed by atoms with Crippen LogP contribution in [0.3, 0.4) is 0 Å². The number of nitrogens with one attached hydrogen (secondary N) is 1. The number of hydrogen-bond acceptors (Lipinski definition) is 3. The number of benzene rings is 2. The summed E-state index contributed by atoms with van der Waals surface area (Å²) in [5.41, 5.74) is 8.48. The number of anilines is 3. The quantitative estimate of drug-likeness (QED) is 0.668. The molecule has 0 spiro atoms. The Morgan fingerprint density at radius 2 is 1.95 bits per heavy atom. The average Bonchev–Trinajstić information content (AvgIpc) is 2.42. The van der Waals surface area contributed by atoms with Crippen LogP contribution in [0.2, 0.25) is 0 Å². The molecule has 2 aromatic rings. The number of nitrogens with two attached hydrogens (primary N) is 1. The maximum atomic E-state index is 5.91. The van der Waals surface area contributed by atoms with Gasteiger partial charge in [-0.3, -0.25) is 0 Å². The van der Waals surface area contributed by atoms with Gasteiger partial charge in [-0.1, -0.05) is 22.9 Å². The van der Waals surface area contributed by atoms with E-state index in [4.69, 9.17) is 10.5 Å². The molecule has 2 rings (SSSR count). The van der Waals surface area contributed by atoms with Crippen LogP contribution in [-0.4, -0.2) is 6.61 Å². The van der Waals surface area contributed by atoms with Gasteiger partial charge in [0.15, 0.2) is 0 Å². The lowest BCUT2D eigenvalue weighted by molar-refractivity contribution is 0.319. The Hall–Kier alpha value is -1.20. The molecule has 0 aliphatic carbocycles. The van der Waals surface area contributed by atoms with Gasteiger partial charge in [0.1, 0.15) is 5.75 Å². The molecule has 0 bridgehead atoms. The molecule has 0 radical (unpaired) electrons. The zero-order chi connectivity index (χ0) is 14.5. The van der Waals surface area contributed by atoms with Gasteiger partial charge in [-0.05, 0) is 52.7 Å². The third kappa shape index (κ3) is 3.90. The summed E-state index contributed by atoms with van der Waals surface area (Å²) >= 11 is 6.97. The summed E-state index contributed by atoms with van der Waals surface area (Å²) in [5, 5.41) is 3.34. The Balaban J connectivity index is 2.20. The third-order valence-corrected chi connectivity index (χ3v) is 3.83. The van der Waals surface area contributed by atoms with E-state index in [0.29, 0.717) is 18.0 Å². The molecule has 0 saturated heterocycles. The van der Waals surface area contributed by atoms with E-state index in [0.717, 1.165) is 26.7 Å². The fraction of sp³-hybridized carbons (Fsp3) is 0.200. The molecular formula is C15H16Br2N2O. The van der Waals surface area contributed by atoms with E-state index in [9.17, 15) is 0 Å². The van der Waals surface area contributed by atoms with Crippen LogP contribution < -0.4 is 15.8 Å². The van der Waals surface area contributed by atoms with Gasteiger partial charge < -0.3 is 15.8 Å². The van der Waals surface area contributed by atoms with Gasteiger partial charge in [-0.25, -0.2) is 0 Å². The van der Waals surface area contributed by atoms with Crippen LogP contribution in [-0.2, 0) is 0 Å². The monoisotopic (exact) mass is 398 g/mol. The first-order valence-corrected chi connectivity index (χ1v) is 7.93. The second-order valence-corrected chi connectivity index (χ2v) is 6.12. The van der Waals surface area contributed by atoms with E-state index >= 15 is 0 Å². The maximum absolute atomic E-state index is 5.91. The van der Waals surface area contributed by atoms with E-state index < -0.39 is 0 Å². The molecule has 0 heterocycles. The summed E-state index contributed by atoms with van der Waals surface area (Å²) in [6, 6.07) is 11.7. The van der Waals surface area contributed by atoms with E-state index in [-0.39, 0.29) is 0 Å². The van der Waals surface area contributed by atoms with Crippen molar-refractivity contribution < 1.29 is 4.74 Å². The molecule has 0 unspecified atom stereocenters. The number of rotatable bonds is 5. The minimum Gasteiger partial charge on any atom is -0.491 e. The summed E-state index contributed by atoms with van der Waals surface area (Å²) in [7, 11) is 0. The molecule has 5 heteroatoms. The lowest BCUT2D eigenvalue weighted by atomic mass is 10.2. The van der Waals surface area contributed by atoms with Gasteiger partial charge >= 0.3 is 0 Å². The first-order chi connectivity index (χ1) is 9.60. The predicted molar refractivity (Wildman–Crippen MR) is 91.8 cm³/mol. The summed E-state index contributed by atoms with van der Waals surface area (Å²) in [5.74, 6) is 0.713. The zero-order valence-electron chi connectivity index (χ0n) is 11.1. The zero-order valence-corrected chi connectivity index (χ0v) is 14.3. The molecule has 20 heavy (non-hydrogen) atoms. The molecular weight excluding hydrogens is 384 g/mol. The van der Waals surface area contributed by atoms with E-state index in [2.05, 4.69) is 44.1 Å². The number of ether oxygens (including phenoxy) is 1. The molecule has 0 aliphatic rings. The summed E-state index contributed by atoms with van der Waals surface area (Å²) in [6.07, 6.45) is 0.954. The normalized spacial score (nSPS) is 10.3. The van der Waals surface area contributed by atoms with Gasteiger partial charge in [0, 0.05) is 20.7 Å². The number of halogens is 2. The van der Waals surface area contributed by atoms with Crippen molar-refractivity contribution in [3.63, 3.8) is 0 Å². The minimum atomic E-state index is 0.652. The van der Waals surface area contributed by atoms with E-state index in [1.807, 2.05) is 36.4 Å². The molecule has 3 N–H and O–H groups in total. The minimum absolute atomic E-state index is 0.652. The van der Waals surface area contributed by atoms with Crippen LogP contribution in [0, 0.1) is 0 Å². The lowest BCUT2D eigenvalue weighted by Crippen LogP contribution is -2.00. The molecule has 0 aromatic heterocycles. The highest BCUT2D eigenvalue weighted by Crippen LogP contribution is 2.31. The fourth-order valence-electron chi connectivity index (χ4n) is 1.70. The summed E-state index contributed by atoms with van der Waals surface area (Å²) in [6.45, 7) is 2.73. The van der Waals surface area contributed by atoms with Crippen molar-refractivity contribution >= 4 is 48.9 Å². The Bertz CT molecular complexity index is 602. The first-order valence-electron chi connectivity index (χ1n) is 6.34. The van der Waals surface area contributed by atoms with Crippen molar-refractivity contribution in [2.45, 2.75) is 13.3 Å². The van der Waals surface area contributed by atoms with Crippen molar-refractivity contribution in [3.05, 3.63) is 45.3 Å². The first kappa shape index (κ1) is 15.2. The standard InChI is InChI=1S/C15H16Br2N2O/c1-2-7-20-15-9-11(4-5-13(15)18)19-14-6-3-10(16)8-12(14)17/h3-6,8-9,19H,2,7,18H2,1H3. The van der Waals surface area contributed by atoms with Gasteiger partial charge in [0.25, 0.3) is 0 Å². The van der Waals surface area contributed by atoms with Crippen molar-refractivity contribution in [2.75, 3.05) is 17.7 Å². The Morgan fingerprint density at radius 3 is 2.65 bits per heavy atom. The highest BCUT2D eigenvalue weighted by molar-refractivity contribution is 9.11. The van der Waals surface area contributed by atoms with E-state index in [1.165, 1.54) is 0 Å². The fourth-order valence-corrected chi connectivity index (χ4v) is 2.84. The van der Waals surface area contributed by atoms with Crippen molar-refractivity contribution in [2.24, 2.45) is 0 Å². The van der Waals surface area contributed by atoms with Crippen LogP contribution in [0.1, 0.15) is 13.3 Å². The molecule has 106 valence electrons. The number of nitrogen functional groups attached to an aromatic ring is 1. The Kier molecular flexibility index (Phi) is 5.31. The molecule has 0 saturated carbocycles. The third-order valence-electron chi connectivity index (χ3n) is 2.69. The maximum Gasteiger partial charge on any atom is 0.144 e. The molecule has 0 aliphatic heterocycles. The van der Waals surface area contributed by atoms with Crippen molar-refractivity contribution in [1.82, 2.24) is 0 Å². The summed E-state index contributed by atoms with van der Waals surface area (Å²) < 4.78 is 7.64. The number of hydrogen-bond donors (Lipinski definition) is 2. The van der Waals surface area contributed by atoms with E-state index in [1.54, 1.807) is 0 Å². The molecule has 2 aromatic carbocycles. The molecule has 0 amide bonds. The van der Waals surface area contributed by atoms with Crippen LogP contribution in [0.5, 0.6) is 5.75 Å². The Morgan fingerprint density at radius 1 is 1.15 bits per heavy atom. The van der Waals surface area contributed by atoms with Gasteiger partial charge in [0.05, 0.1) is 18.0 Å². The second-order valence-electron chi connectivity index (χ2n) is 4.35. The lowest BCUT2D eigenvalue weighted by Gasteiger charge is -2.13. The highest BCUT2D eigenvalue weighted by atomic mass is 79.9. The average molecular weight is 400 g/mol. The largest absolute Gasteiger partial charge is 0.491 e.